The Balaban J connectivity index is 1.24. The van der Waals surface area contributed by atoms with Gasteiger partial charge >= 0.3 is 11.9 Å². The average molecular weight is 1900 g/mol. The van der Waals surface area contributed by atoms with Crippen molar-refractivity contribution in [3.63, 3.8) is 0 Å². The number of aromatic hydroxyl groups is 1. The predicted molar refractivity (Wildman–Crippen MR) is 470 cm³/mol. The summed E-state index contributed by atoms with van der Waals surface area (Å²) in [5.74, 6) is -23.4. The molecule has 4 heterocycles. The van der Waals surface area contributed by atoms with Crippen LogP contribution < -0.4 is 97.0 Å². The summed E-state index contributed by atoms with van der Waals surface area (Å²) < 4.78 is 0. The van der Waals surface area contributed by atoms with Crippen molar-refractivity contribution >= 4 is 124 Å². The third-order valence-electron chi connectivity index (χ3n) is 22.3. The number of hydrogen-bond acceptors (Lipinski definition) is 28. The Labute approximate surface area is 771 Å². The highest BCUT2D eigenvalue weighted by Gasteiger charge is 2.46. The molecule has 0 aliphatic carbocycles. The minimum Gasteiger partial charge on any atom is -0.508 e. The molecule has 744 valence electrons. The largest absolute Gasteiger partial charge is 0.508 e. The van der Waals surface area contributed by atoms with E-state index in [1.54, 1.807) is 55.4 Å². The Bertz CT molecular complexity index is 4460. The number of likely N-dealkylation sites (tertiary alicyclic amines) is 3. The molecule has 0 saturated carbocycles. The summed E-state index contributed by atoms with van der Waals surface area (Å²) in [5, 5.41) is 114. The second-order valence-corrected chi connectivity index (χ2v) is 34.4. The van der Waals surface area contributed by atoms with Gasteiger partial charge in [-0.15, -0.1) is 0 Å². The van der Waals surface area contributed by atoms with Gasteiger partial charge in [-0.05, 0) is 112 Å². The fourth-order valence-corrected chi connectivity index (χ4v) is 14.8. The highest BCUT2D eigenvalue weighted by Crippen LogP contribution is 2.25. The zero-order valence-corrected chi connectivity index (χ0v) is 76.2. The maximum absolute atomic E-state index is 14.9. The molecule has 3 aliphatic rings. The number of carboxylic acid groups (broad SMARTS) is 2. The van der Waals surface area contributed by atoms with Crippen LogP contribution in [-0.2, 0) is 109 Å². The summed E-state index contributed by atoms with van der Waals surface area (Å²) in [6.07, 6.45) is -1.32. The first-order chi connectivity index (χ1) is 63.1. The van der Waals surface area contributed by atoms with Crippen molar-refractivity contribution in [1.82, 2.24) is 104 Å². The van der Waals surface area contributed by atoms with E-state index in [4.69, 9.17) is 22.6 Å². The van der Waals surface area contributed by atoms with Crippen LogP contribution in [0.2, 0.25) is 0 Å². The van der Waals surface area contributed by atoms with Crippen LogP contribution in [0.4, 0.5) is 0 Å². The number of aliphatic hydroxyl groups excluding tert-OH is 4. The molecule has 5 rings (SSSR count). The molecule has 51 heteroatoms. The molecule has 51 nitrogen and oxygen atoms in total. The topological polar surface area (TPSA) is 804 Å². The zero-order chi connectivity index (χ0) is 100. The molecule has 3 fully saturated rings. The molecule has 0 unspecified atom stereocenters. The molecular weight excluding hydrogens is 1770 g/mol. The molecule has 134 heavy (non-hydrogen) atoms. The highest BCUT2D eigenvalue weighted by molar-refractivity contribution is 6.02. The second kappa shape index (κ2) is 54.0. The van der Waals surface area contributed by atoms with Crippen LogP contribution >= 0.6 is 0 Å². The van der Waals surface area contributed by atoms with Gasteiger partial charge in [0.25, 0.3) is 0 Å². The Hall–Kier alpha value is -13.3. The standard InChI is InChI=1S/C83H130N24O27/c1-39(2)28-49(67(118)90-34-61(115)94-54(36-109)79(130)105-25-11-15-56(105)76(127)100-53(35-108)73(124)95-47(14-10-24-89-83(86)87)69(120)101-55(37-110)82(133)134)93-60(114)33-91-68(119)50(29-44-18-20-46(112)21-19-44)98-75(126)58-17-12-26-106(58)80(131)65(42(7)8)103-78(129)64(41(5)6)102-71(122)51(30-45-32-88-38-92-45)97-70(121)48(22-23-62(116)117)96-74(125)57-16-13-27-107(57)81(132)66(43(9)111)104-72(123)52(31-59(84)113)99-77(128)63(85)40(3)4/h18-21,32,38-43,47-58,63-66,108-112H,10-17,22-31,33-37,85H2,1-9H3,(H2,84,113)(H,88,92)(H,90,118)(H,91,119)(H,93,114)(H,94,115)(H,95,124)(H,96,125)(H,97,121)(H,98,126)(H,99,128)(H,100,127)(H,101,120)(H,102,122)(H,103,129)(H,104,123)(H,116,117)(H,133,134)(H4,86,87,89)/t43-,47+,48+,49+,50+,51+,52+,53+,54+,55+,56+,57+,58+,63+,64+,65+,66+/m1/s1. The van der Waals surface area contributed by atoms with Gasteiger partial charge in [0.05, 0.1) is 57.8 Å². The first kappa shape index (κ1) is 111. The molecular formula is C83H130N24O27. The van der Waals surface area contributed by atoms with Crippen molar-refractivity contribution in [3.8, 4) is 5.75 Å². The number of phenolic OH excluding ortho intramolecular Hbond substituents is 1. The average Bonchev–Trinajstić information content (AvgIpc) is 1.77. The number of phenols is 1. The van der Waals surface area contributed by atoms with E-state index in [0.717, 1.165) is 16.7 Å². The number of H-pyrrole nitrogens is 1. The number of hydrogen-bond donors (Lipinski definition) is 27. The van der Waals surface area contributed by atoms with Crippen molar-refractivity contribution in [1.29, 1.82) is 5.41 Å². The van der Waals surface area contributed by atoms with Crippen molar-refractivity contribution in [2.45, 2.75) is 255 Å². The SMILES string of the molecule is CC(C)C[C@H](NC(=O)CNC(=O)[C@H](Cc1ccc(O)cc1)NC(=O)[C@@H]1CCCN1C(=O)[C@@H](NC(=O)[C@@H](NC(=O)[C@H](Cc1cnc[nH]1)NC(=O)[C@H](CCC(=O)O)NC(=O)[C@@H]1CCCN1C(=O)[C@@H](NC(=O)[C@H](CC(N)=O)NC(=O)[C@@H](N)C(C)C)[C@@H](C)O)C(C)C)C(C)C)C(=O)NCC(=O)N[C@@H](CO)C(=O)N1CCC[C@H]1C(=O)N[C@@H](CO)C(=O)N[C@@H](CCCNC(=N)N)C(=O)N[C@@H](CO)C(=O)O. The summed E-state index contributed by atoms with van der Waals surface area (Å²) in [4.78, 5) is 284. The zero-order valence-electron chi connectivity index (χ0n) is 76.2. The molecule has 30 N–H and O–H groups in total. The minimum atomic E-state index is -1.80. The predicted octanol–water partition coefficient (Wildman–Crippen LogP) is -10.3. The normalized spacial score (nSPS) is 17.8. The molecule has 18 amide bonds. The number of guanidine groups is 1. The number of amides is 18. The van der Waals surface area contributed by atoms with Gasteiger partial charge in [-0.3, -0.25) is 96.5 Å². The number of nitrogens with zero attached hydrogens (tertiary/aromatic N) is 4. The van der Waals surface area contributed by atoms with E-state index in [0.29, 0.717) is 5.56 Å². The van der Waals surface area contributed by atoms with Crippen LogP contribution in [0.5, 0.6) is 5.75 Å². The fraction of sp³-hybridized carbons (Fsp3) is 0.639. The van der Waals surface area contributed by atoms with Crippen LogP contribution in [0.15, 0.2) is 36.8 Å². The first-order valence-corrected chi connectivity index (χ1v) is 44.0. The Morgan fingerprint density at radius 1 is 0.470 bits per heavy atom. The molecule has 2 aromatic rings. The second-order valence-electron chi connectivity index (χ2n) is 34.4. The number of carbonyl (C=O) groups is 20. The van der Waals surface area contributed by atoms with Crippen molar-refractivity contribution in [3.05, 3.63) is 48.0 Å². The molecule has 17 atom stereocenters. The number of aromatic nitrogens is 2. The van der Waals surface area contributed by atoms with E-state index < -0.39 is 297 Å². The third-order valence-corrected chi connectivity index (χ3v) is 22.3. The number of primary amides is 1. The number of imidazole rings is 1. The lowest BCUT2D eigenvalue weighted by molar-refractivity contribution is -0.145. The lowest BCUT2D eigenvalue weighted by atomic mass is 9.98. The maximum atomic E-state index is 14.9. The smallest absolute Gasteiger partial charge is 0.328 e. The monoisotopic (exact) mass is 1890 g/mol. The number of rotatable bonds is 54. The number of aliphatic hydroxyl groups is 4. The number of nitrogens with two attached hydrogens (primary N) is 3. The number of aromatic amines is 1. The third kappa shape index (κ3) is 34.7. The van der Waals surface area contributed by atoms with Crippen LogP contribution in [0.3, 0.4) is 0 Å². The molecule has 1 aromatic heterocycles. The van der Waals surface area contributed by atoms with Crippen molar-refractivity contribution in [2.75, 3.05) is 59.1 Å². The Kier molecular flexibility index (Phi) is 44.8. The van der Waals surface area contributed by atoms with E-state index in [1.165, 1.54) is 41.7 Å². The van der Waals surface area contributed by atoms with E-state index in [-0.39, 0.29) is 114 Å². The van der Waals surface area contributed by atoms with Gasteiger partial charge in [-0.25, -0.2) is 9.78 Å². The van der Waals surface area contributed by atoms with Gasteiger partial charge in [-0.2, -0.15) is 0 Å². The number of aliphatic carboxylic acids is 2. The number of carboxylic acids is 2. The molecule has 1 aromatic carbocycles. The van der Waals surface area contributed by atoms with Gasteiger partial charge in [0.1, 0.15) is 96.4 Å². The molecule has 0 bridgehead atoms. The maximum Gasteiger partial charge on any atom is 0.328 e. The first-order valence-electron chi connectivity index (χ1n) is 44.0. The number of nitrogens with one attached hydrogen (secondary N) is 17. The molecule has 3 saturated heterocycles. The van der Waals surface area contributed by atoms with Crippen molar-refractivity contribution < 1.29 is 132 Å². The van der Waals surface area contributed by atoms with Gasteiger partial charge in [0.2, 0.25) is 106 Å². The van der Waals surface area contributed by atoms with Crippen LogP contribution in [-0.4, -0.2) is 347 Å². The number of carbonyl (C=O) groups excluding carboxylic acids is 18. The number of benzene rings is 1. The quantitative estimate of drug-likeness (QED) is 0.0166. The molecule has 0 spiro atoms. The fourth-order valence-electron chi connectivity index (χ4n) is 14.8. The van der Waals surface area contributed by atoms with Gasteiger partial charge in [-0.1, -0.05) is 67.5 Å². The van der Waals surface area contributed by atoms with Crippen LogP contribution in [0, 0.1) is 29.1 Å². The van der Waals surface area contributed by atoms with Crippen molar-refractivity contribution in [2.24, 2.45) is 40.9 Å². The lowest BCUT2D eigenvalue weighted by Crippen LogP contribution is -2.62. The Morgan fingerprint density at radius 3 is 1.37 bits per heavy atom. The Morgan fingerprint density at radius 2 is 0.903 bits per heavy atom. The highest BCUT2D eigenvalue weighted by atomic mass is 16.4. The summed E-state index contributed by atoms with van der Waals surface area (Å²) in [7, 11) is 0. The summed E-state index contributed by atoms with van der Waals surface area (Å²) >= 11 is 0. The molecule has 0 radical (unpaired) electrons. The van der Waals surface area contributed by atoms with E-state index in [1.807, 2.05) is 0 Å². The summed E-state index contributed by atoms with van der Waals surface area (Å²) in [5.41, 5.74) is 17.3. The van der Waals surface area contributed by atoms with Gasteiger partial charge < -0.3 is 152 Å². The van der Waals surface area contributed by atoms with Crippen LogP contribution in [0.25, 0.3) is 0 Å². The minimum absolute atomic E-state index is 0.0105. The van der Waals surface area contributed by atoms with Gasteiger partial charge in [0.15, 0.2) is 5.96 Å². The van der Waals surface area contributed by atoms with E-state index in [9.17, 15) is 132 Å². The van der Waals surface area contributed by atoms with E-state index >= 15 is 0 Å². The van der Waals surface area contributed by atoms with E-state index in [2.05, 4.69) is 89.7 Å². The van der Waals surface area contributed by atoms with Gasteiger partial charge in [0, 0.05) is 57.3 Å². The lowest BCUT2D eigenvalue weighted by Gasteiger charge is -2.33. The summed E-state index contributed by atoms with van der Waals surface area (Å²) in [6, 6.07) is -19.0. The molecule has 3 aliphatic heterocycles. The van der Waals surface area contributed by atoms with Crippen LogP contribution in [0.1, 0.15) is 151 Å². The summed E-state index contributed by atoms with van der Waals surface area (Å²) in [6.45, 7) is 9.10.